The Kier molecular flexibility index (Phi) is 15.3. The third-order valence-electron chi connectivity index (χ3n) is 2.19. The van der Waals surface area contributed by atoms with E-state index < -0.39 is 0 Å². The SMILES string of the molecule is CCCCC=CC=[CH][Pt][CH]=CC=CCCCC. The molecule has 0 fully saturated rings. The number of allylic oxidation sites excluding steroid dienone is 6. The molecular formula is C16H26Pt. The van der Waals surface area contributed by atoms with E-state index in [1.165, 1.54) is 38.5 Å². The van der Waals surface area contributed by atoms with Crippen LogP contribution in [0.5, 0.6) is 0 Å². The van der Waals surface area contributed by atoms with Gasteiger partial charge in [-0.3, -0.25) is 0 Å². The molecule has 0 aliphatic carbocycles. The van der Waals surface area contributed by atoms with Crippen LogP contribution in [-0.4, -0.2) is 0 Å². The van der Waals surface area contributed by atoms with Crippen molar-refractivity contribution < 1.29 is 18.6 Å². The Morgan fingerprint density at radius 2 is 1.18 bits per heavy atom. The number of rotatable bonds is 10. The molecule has 0 saturated carbocycles. The van der Waals surface area contributed by atoms with Crippen molar-refractivity contribution in [1.82, 2.24) is 0 Å². The third kappa shape index (κ3) is 15.6. The van der Waals surface area contributed by atoms with Crippen LogP contribution in [0.4, 0.5) is 0 Å². The van der Waals surface area contributed by atoms with Gasteiger partial charge < -0.3 is 0 Å². The Hall–Kier alpha value is -0.352. The summed E-state index contributed by atoms with van der Waals surface area (Å²) in [6, 6.07) is 0. The van der Waals surface area contributed by atoms with Gasteiger partial charge in [-0.05, 0) is 0 Å². The second kappa shape index (κ2) is 15.6. The molecule has 100 valence electrons. The zero-order valence-electron chi connectivity index (χ0n) is 11.2. The molecule has 0 amide bonds. The summed E-state index contributed by atoms with van der Waals surface area (Å²) in [5.41, 5.74) is 0. The summed E-state index contributed by atoms with van der Waals surface area (Å²) in [7, 11) is 0. The summed E-state index contributed by atoms with van der Waals surface area (Å²) in [4.78, 5) is 0. The van der Waals surface area contributed by atoms with Gasteiger partial charge in [0.15, 0.2) is 0 Å². The fourth-order valence-corrected chi connectivity index (χ4v) is 2.43. The second-order valence-electron chi connectivity index (χ2n) is 3.84. The average Bonchev–Trinajstić information content (AvgIpc) is 2.35. The van der Waals surface area contributed by atoms with E-state index in [0.717, 1.165) is 0 Å². The molecule has 0 nitrogen and oxygen atoms in total. The van der Waals surface area contributed by atoms with Crippen LogP contribution < -0.4 is 0 Å². The van der Waals surface area contributed by atoms with Crippen molar-refractivity contribution in [2.45, 2.75) is 52.4 Å². The van der Waals surface area contributed by atoms with Crippen LogP contribution in [0.2, 0.25) is 0 Å². The van der Waals surface area contributed by atoms with Crippen LogP contribution in [-0.2, 0) is 18.6 Å². The molecule has 0 spiro atoms. The van der Waals surface area contributed by atoms with Gasteiger partial charge in [-0.2, -0.15) is 0 Å². The van der Waals surface area contributed by atoms with E-state index in [2.05, 4.69) is 59.2 Å². The molecule has 0 aromatic rings. The Morgan fingerprint density at radius 1 is 0.706 bits per heavy atom. The second-order valence-corrected chi connectivity index (χ2v) is 6.11. The third-order valence-corrected chi connectivity index (χ3v) is 3.94. The zero-order valence-corrected chi connectivity index (χ0v) is 13.4. The minimum atomic E-state index is 0.0998. The van der Waals surface area contributed by atoms with Gasteiger partial charge in [0.2, 0.25) is 0 Å². The Labute approximate surface area is 116 Å². The van der Waals surface area contributed by atoms with Gasteiger partial charge in [0, 0.05) is 0 Å². The van der Waals surface area contributed by atoms with Crippen molar-refractivity contribution in [1.29, 1.82) is 0 Å². The molecule has 17 heavy (non-hydrogen) atoms. The molecule has 0 N–H and O–H groups in total. The zero-order chi connectivity index (χ0) is 12.6. The summed E-state index contributed by atoms with van der Waals surface area (Å²) in [5, 5.41) is 0. The van der Waals surface area contributed by atoms with E-state index in [0.29, 0.717) is 0 Å². The molecular weight excluding hydrogens is 387 g/mol. The molecule has 0 atom stereocenters. The normalized spacial score (nSPS) is 13.1. The van der Waals surface area contributed by atoms with Crippen LogP contribution >= 0.6 is 0 Å². The fraction of sp³-hybridized carbons (Fsp3) is 0.500. The van der Waals surface area contributed by atoms with E-state index in [9.17, 15) is 0 Å². The molecule has 0 aliphatic rings. The first-order chi connectivity index (χ1) is 8.41. The van der Waals surface area contributed by atoms with Crippen molar-refractivity contribution in [3.05, 3.63) is 45.4 Å². The van der Waals surface area contributed by atoms with Crippen molar-refractivity contribution in [2.75, 3.05) is 0 Å². The van der Waals surface area contributed by atoms with Crippen molar-refractivity contribution in [2.24, 2.45) is 0 Å². The van der Waals surface area contributed by atoms with E-state index in [-0.39, 0.29) is 18.6 Å². The van der Waals surface area contributed by atoms with Gasteiger partial charge in [0.05, 0.1) is 0 Å². The summed E-state index contributed by atoms with van der Waals surface area (Å²) in [5.74, 6) is 0. The fourth-order valence-electron chi connectivity index (χ4n) is 1.17. The maximum atomic E-state index is 2.30. The molecule has 0 saturated heterocycles. The summed E-state index contributed by atoms with van der Waals surface area (Å²) < 4.78 is 4.61. The maximum absolute atomic E-state index is 2.30. The Balaban J connectivity index is 3.42. The first-order valence-corrected chi connectivity index (χ1v) is 9.22. The van der Waals surface area contributed by atoms with Crippen molar-refractivity contribution in [3.63, 3.8) is 0 Å². The van der Waals surface area contributed by atoms with Crippen LogP contribution in [0.15, 0.2) is 45.4 Å². The molecule has 0 aromatic heterocycles. The van der Waals surface area contributed by atoms with E-state index in [4.69, 9.17) is 0 Å². The minimum absolute atomic E-state index is 0.0998. The molecule has 0 unspecified atom stereocenters. The molecule has 0 rings (SSSR count). The van der Waals surface area contributed by atoms with Crippen LogP contribution in [0, 0.1) is 0 Å². The molecule has 1 heteroatoms. The predicted octanol–water partition coefficient (Wildman–Crippen LogP) is 5.59. The van der Waals surface area contributed by atoms with Crippen molar-refractivity contribution in [3.8, 4) is 0 Å². The molecule has 0 aliphatic heterocycles. The van der Waals surface area contributed by atoms with Gasteiger partial charge >= 0.3 is 116 Å². The predicted molar refractivity (Wildman–Crippen MR) is 75.6 cm³/mol. The molecule has 0 radical (unpaired) electrons. The summed E-state index contributed by atoms with van der Waals surface area (Å²) >= 11 is 0.0998. The van der Waals surface area contributed by atoms with Gasteiger partial charge in [0.1, 0.15) is 0 Å². The number of unbranched alkanes of at least 4 members (excludes halogenated alkanes) is 4. The summed E-state index contributed by atoms with van der Waals surface area (Å²) in [6.45, 7) is 4.46. The molecule has 0 aromatic carbocycles. The van der Waals surface area contributed by atoms with Gasteiger partial charge in [-0.25, -0.2) is 0 Å². The van der Waals surface area contributed by atoms with E-state index in [1.807, 2.05) is 0 Å². The monoisotopic (exact) mass is 413 g/mol. The van der Waals surface area contributed by atoms with Crippen LogP contribution in [0.1, 0.15) is 52.4 Å². The topological polar surface area (TPSA) is 0 Å². The van der Waals surface area contributed by atoms with Crippen LogP contribution in [0.3, 0.4) is 0 Å². The molecule has 0 bridgehead atoms. The van der Waals surface area contributed by atoms with E-state index >= 15 is 0 Å². The first kappa shape index (κ1) is 16.6. The van der Waals surface area contributed by atoms with Crippen molar-refractivity contribution >= 4 is 0 Å². The first-order valence-electron chi connectivity index (χ1n) is 6.60. The Morgan fingerprint density at radius 3 is 1.59 bits per heavy atom. The summed E-state index contributed by atoms with van der Waals surface area (Å²) in [6.07, 6.45) is 20.9. The van der Waals surface area contributed by atoms with Gasteiger partial charge in [-0.1, -0.05) is 0 Å². The molecule has 0 heterocycles. The quantitative estimate of drug-likeness (QED) is 0.324. The van der Waals surface area contributed by atoms with Crippen LogP contribution in [0.25, 0.3) is 0 Å². The average molecular weight is 413 g/mol. The standard InChI is InChI=1S/2C8H13.Pt/c2*1-3-5-7-8-6-4-2;/h2*1,3,5,7H,4,6,8H2,2H3;. The Bertz CT molecular complexity index is 220. The number of hydrogen-bond acceptors (Lipinski definition) is 0. The van der Waals surface area contributed by atoms with Gasteiger partial charge in [-0.15, -0.1) is 0 Å². The van der Waals surface area contributed by atoms with Gasteiger partial charge in [0.25, 0.3) is 0 Å². The number of hydrogen-bond donors (Lipinski definition) is 0. The van der Waals surface area contributed by atoms with E-state index in [1.54, 1.807) is 0 Å².